The zero-order valence-corrected chi connectivity index (χ0v) is 11.9. The smallest absolute Gasteiger partial charge is 0.248 e. The highest BCUT2D eigenvalue weighted by molar-refractivity contribution is 5.66. The number of nitrogens with one attached hydrogen (secondary N) is 1. The first-order valence-corrected chi connectivity index (χ1v) is 6.85. The molecular weight excluding hydrogens is 252 g/mol. The van der Waals surface area contributed by atoms with Crippen molar-refractivity contribution in [3.8, 4) is 11.6 Å². The van der Waals surface area contributed by atoms with Gasteiger partial charge in [-0.2, -0.15) is 4.98 Å². The Labute approximate surface area is 119 Å². The van der Waals surface area contributed by atoms with Gasteiger partial charge < -0.3 is 15.8 Å². The highest BCUT2D eigenvalue weighted by Gasteiger charge is 2.09. The van der Waals surface area contributed by atoms with Crippen molar-refractivity contribution in [3.63, 3.8) is 0 Å². The minimum Gasteiger partial charge on any atom is -0.437 e. The second kappa shape index (κ2) is 6.75. The van der Waals surface area contributed by atoms with Crippen LogP contribution in [0.3, 0.4) is 0 Å². The fraction of sp³-hybridized carbons (Fsp3) is 0.333. The third kappa shape index (κ3) is 3.38. The van der Waals surface area contributed by atoms with Gasteiger partial charge in [-0.05, 0) is 30.5 Å². The Hall–Kier alpha value is -2.30. The molecule has 0 bridgehead atoms. The zero-order valence-electron chi connectivity index (χ0n) is 11.9. The number of rotatable bonds is 6. The highest BCUT2D eigenvalue weighted by Crippen LogP contribution is 2.29. The van der Waals surface area contributed by atoms with Crippen LogP contribution in [0.1, 0.15) is 25.8 Å². The van der Waals surface area contributed by atoms with Crippen LogP contribution < -0.4 is 15.8 Å². The lowest BCUT2D eigenvalue weighted by Gasteiger charge is -2.11. The lowest BCUT2D eigenvalue weighted by Crippen LogP contribution is -2.07. The molecule has 0 amide bonds. The fourth-order valence-electron chi connectivity index (χ4n) is 1.75. The monoisotopic (exact) mass is 272 g/mol. The van der Waals surface area contributed by atoms with E-state index in [-0.39, 0.29) is 0 Å². The number of aryl methyl sites for hydroxylation is 1. The van der Waals surface area contributed by atoms with Crippen molar-refractivity contribution in [2.24, 2.45) is 0 Å². The minimum atomic E-state index is 0.378. The van der Waals surface area contributed by atoms with Crippen molar-refractivity contribution < 1.29 is 4.74 Å². The molecule has 3 N–H and O–H groups in total. The summed E-state index contributed by atoms with van der Waals surface area (Å²) in [5.74, 6) is 1.71. The molecule has 0 aliphatic rings. The molecule has 2 rings (SSSR count). The molecule has 0 fully saturated rings. The number of benzene rings is 1. The van der Waals surface area contributed by atoms with Gasteiger partial charge in [0.05, 0.1) is 0 Å². The Balaban J connectivity index is 2.15. The molecule has 0 aliphatic carbocycles. The summed E-state index contributed by atoms with van der Waals surface area (Å²) in [5, 5.41) is 3.15. The van der Waals surface area contributed by atoms with Crippen LogP contribution in [-0.2, 0) is 6.42 Å². The maximum absolute atomic E-state index is 6.02. The number of nitrogens with zero attached hydrogens (tertiary/aromatic N) is 2. The number of ether oxygens (including phenoxy) is 1. The largest absolute Gasteiger partial charge is 0.437 e. The molecule has 20 heavy (non-hydrogen) atoms. The molecule has 106 valence electrons. The van der Waals surface area contributed by atoms with Gasteiger partial charge in [0.15, 0.2) is 5.82 Å². The number of nitrogens with two attached hydrogens (primary N) is 1. The minimum absolute atomic E-state index is 0.378. The van der Waals surface area contributed by atoms with Gasteiger partial charge in [0.25, 0.3) is 0 Å². The molecule has 5 nitrogen and oxygen atoms in total. The molecule has 1 heterocycles. The Morgan fingerprint density at radius 2 is 1.90 bits per heavy atom. The summed E-state index contributed by atoms with van der Waals surface area (Å²) in [4.78, 5) is 8.20. The Morgan fingerprint density at radius 3 is 2.55 bits per heavy atom. The first kappa shape index (κ1) is 14.1. The van der Waals surface area contributed by atoms with E-state index in [0.29, 0.717) is 23.1 Å². The van der Waals surface area contributed by atoms with E-state index in [2.05, 4.69) is 29.1 Å². The van der Waals surface area contributed by atoms with Crippen molar-refractivity contribution in [3.05, 3.63) is 36.2 Å². The normalized spacial score (nSPS) is 10.3. The molecule has 0 aliphatic heterocycles. The lowest BCUT2D eigenvalue weighted by atomic mass is 10.2. The molecule has 2 aromatic rings. The summed E-state index contributed by atoms with van der Waals surface area (Å²) in [7, 11) is 0. The van der Waals surface area contributed by atoms with Crippen molar-refractivity contribution in [2.45, 2.75) is 26.7 Å². The van der Waals surface area contributed by atoms with Gasteiger partial charge in [-0.15, -0.1) is 0 Å². The maximum Gasteiger partial charge on any atom is 0.248 e. The van der Waals surface area contributed by atoms with Gasteiger partial charge >= 0.3 is 0 Å². The third-order valence-corrected chi connectivity index (χ3v) is 2.94. The molecular formula is C15H20N4O. The van der Waals surface area contributed by atoms with E-state index >= 15 is 0 Å². The second-order valence-corrected chi connectivity index (χ2v) is 4.47. The van der Waals surface area contributed by atoms with Gasteiger partial charge in [-0.1, -0.05) is 26.0 Å². The molecule has 0 radical (unpaired) electrons. The van der Waals surface area contributed by atoms with E-state index in [1.54, 1.807) is 0 Å². The van der Waals surface area contributed by atoms with E-state index in [4.69, 9.17) is 10.5 Å². The van der Waals surface area contributed by atoms with Gasteiger partial charge in [-0.25, -0.2) is 4.98 Å². The van der Waals surface area contributed by atoms with E-state index in [0.717, 1.165) is 19.4 Å². The standard InChI is InChI=1S/C15H20N4O/c1-3-9-17-14-13(16)15(19-10-18-14)20-12-7-5-11(4-2)6-8-12/h5-8,10H,3-4,9,16H2,1-2H3,(H,17,18,19). The molecule has 1 aromatic heterocycles. The third-order valence-electron chi connectivity index (χ3n) is 2.94. The predicted molar refractivity (Wildman–Crippen MR) is 81.1 cm³/mol. The summed E-state index contributed by atoms with van der Waals surface area (Å²) in [6.45, 7) is 5.01. The maximum atomic E-state index is 6.02. The second-order valence-electron chi connectivity index (χ2n) is 4.47. The van der Waals surface area contributed by atoms with E-state index in [9.17, 15) is 0 Å². The van der Waals surface area contributed by atoms with Gasteiger partial charge in [0.1, 0.15) is 17.8 Å². The first-order valence-electron chi connectivity index (χ1n) is 6.85. The van der Waals surface area contributed by atoms with Crippen LogP contribution in [0.5, 0.6) is 11.6 Å². The van der Waals surface area contributed by atoms with Crippen LogP contribution in [0.4, 0.5) is 11.5 Å². The Kier molecular flexibility index (Phi) is 4.76. The van der Waals surface area contributed by atoms with Crippen LogP contribution in [0, 0.1) is 0 Å². The zero-order chi connectivity index (χ0) is 14.4. The summed E-state index contributed by atoms with van der Waals surface area (Å²) in [6.07, 6.45) is 3.45. The molecule has 0 atom stereocenters. The van der Waals surface area contributed by atoms with Gasteiger partial charge in [0.2, 0.25) is 5.88 Å². The van der Waals surface area contributed by atoms with E-state index in [1.165, 1.54) is 11.9 Å². The topological polar surface area (TPSA) is 73.1 Å². The summed E-state index contributed by atoms with van der Waals surface area (Å²) in [6, 6.07) is 7.89. The number of nitrogen functional groups attached to an aromatic ring is 1. The SMILES string of the molecule is CCCNc1ncnc(Oc2ccc(CC)cc2)c1N. The predicted octanol–water partition coefficient (Wildman–Crippen LogP) is 3.24. The Morgan fingerprint density at radius 1 is 1.15 bits per heavy atom. The van der Waals surface area contributed by atoms with Gasteiger partial charge in [0, 0.05) is 6.54 Å². The fourth-order valence-corrected chi connectivity index (χ4v) is 1.75. The van der Waals surface area contributed by atoms with Crippen LogP contribution in [0.25, 0.3) is 0 Å². The van der Waals surface area contributed by atoms with Crippen molar-refractivity contribution in [1.29, 1.82) is 0 Å². The van der Waals surface area contributed by atoms with E-state index < -0.39 is 0 Å². The number of hydrogen-bond acceptors (Lipinski definition) is 5. The quantitative estimate of drug-likeness (QED) is 0.844. The molecule has 5 heteroatoms. The van der Waals surface area contributed by atoms with Crippen molar-refractivity contribution in [2.75, 3.05) is 17.6 Å². The van der Waals surface area contributed by atoms with Crippen LogP contribution in [0.15, 0.2) is 30.6 Å². The van der Waals surface area contributed by atoms with Crippen molar-refractivity contribution in [1.82, 2.24) is 9.97 Å². The molecule has 1 aromatic carbocycles. The average Bonchev–Trinajstić information content (AvgIpc) is 2.49. The summed E-state index contributed by atoms with van der Waals surface area (Å²) in [5.41, 5.74) is 7.71. The average molecular weight is 272 g/mol. The Bertz CT molecular complexity index is 554. The molecule has 0 saturated heterocycles. The number of hydrogen-bond donors (Lipinski definition) is 2. The van der Waals surface area contributed by atoms with Crippen LogP contribution in [0.2, 0.25) is 0 Å². The molecule has 0 unspecified atom stereocenters. The number of aromatic nitrogens is 2. The van der Waals surface area contributed by atoms with E-state index in [1.807, 2.05) is 24.3 Å². The molecule has 0 saturated carbocycles. The first-order chi connectivity index (χ1) is 9.74. The van der Waals surface area contributed by atoms with Gasteiger partial charge in [-0.3, -0.25) is 0 Å². The highest BCUT2D eigenvalue weighted by atomic mass is 16.5. The molecule has 0 spiro atoms. The lowest BCUT2D eigenvalue weighted by molar-refractivity contribution is 0.464. The van der Waals surface area contributed by atoms with Crippen LogP contribution >= 0.6 is 0 Å². The van der Waals surface area contributed by atoms with Crippen LogP contribution in [-0.4, -0.2) is 16.5 Å². The van der Waals surface area contributed by atoms with Crippen molar-refractivity contribution >= 4 is 11.5 Å². The summed E-state index contributed by atoms with van der Waals surface area (Å²) >= 11 is 0. The summed E-state index contributed by atoms with van der Waals surface area (Å²) < 4.78 is 5.71. The number of anilines is 2.